The number of rotatable bonds is 4. The Kier molecular flexibility index (Phi) is 4.21. The largest absolute Gasteiger partial charge is 0.496 e. The Hall–Kier alpha value is -2.54. The molecule has 0 amide bonds. The van der Waals surface area contributed by atoms with Crippen LogP contribution in [-0.2, 0) is 0 Å². The quantitative estimate of drug-likeness (QED) is 0.917. The van der Waals surface area contributed by atoms with E-state index in [4.69, 9.17) is 10.00 Å². The molecule has 0 saturated carbocycles. The Morgan fingerprint density at radius 1 is 1.20 bits per heavy atom. The third-order valence-electron chi connectivity index (χ3n) is 3.09. The van der Waals surface area contributed by atoms with Crippen molar-refractivity contribution in [2.75, 3.05) is 12.4 Å². The molecule has 0 aliphatic carbocycles. The van der Waals surface area contributed by atoms with Gasteiger partial charge in [0.25, 0.3) is 0 Å². The summed E-state index contributed by atoms with van der Waals surface area (Å²) >= 11 is 0. The maximum absolute atomic E-state index is 14.0. The van der Waals surface area contributed by atoms with Gasteiger partial charge in [-0.05, 0) is 31.2 Å². The fourth-order valence-electron chi connectivity index (χ4n) is 2.13. The summed E-state index contributed by atoms with van der Waals surface area (Å²) in [5, 5.41) is 12.2. The van der Waals surface area contributed by atoms with Gasteiger partial charge < -0.3 is 10.1 Å². The molecule has 0 aliphatic rings. The Balaban J connectivity index is 2.34. The lowest BCUT2D eigenvalue weighted by atomic mass is 10.1. The van der Waals surface area contributed by atoms with E-state index in [2.05, 4.69) is 11.4 Å². The average molecular weight is 270 g/mol. The van der Waals surface area contributed by atoms with Gasteiger partial charge in [0, 0.05) is 0 Å². The van der Waals surface area contributed by atoms with Crippen LogP contribution in [0.15, 0.2) is 42.5 Å². The molecule has 0 radical (unpaired) electrons. The van der Waals surface area contributed by atoms with Crippen molar-refractivity contribution < 1.29 is 9.13 Å². The molecule has 20 heavy (non-hydrogen) atoms. The molecule has 1 atom stereocenters. The molecule has 0 saturated heterocycles. The Morgan fingerprint density at radius 3 is 2.65 bits per heavy atom. The number of ether oxygens (including phenoxy) is 1. The van der Waals surface area contributed by atoms with Gasteiger partial charge in [0.2, 0.25) is 0 Å². The number of nitriles is 1. The van der Waals surface area contributed by atoms with Gasteiger partial charge in [0.1, 0.15) is 17.6 Å². The zero-order valence-corrected chi connectivity index (χ0v) is 11.4. The summed E-state index contributed by atoms with van der Waals surface area (Å²) in [6.07, 6.45) is 0. The Morgan fingerprint density at radius 2 is 1.95 bits per heavy atom. The van der Waals surface area contributed by atoms with E-state index in [1.54, 1.807) is 30.3 Å². The highest BCUT2D eigenvalue weighted by molar-refractivity contribution is 5.58. The van der Waals surface area contributed by atoms with Crippen molar-refractivity contribution in [3.8, 4) is 11.8 Å². The molecule has 2 aromatic carbocycles. The van der Waals surface area contributed by atoms with Crippen molar-refractivity contribution in [1.82, 2.24) is 0 Å². The summed E-state index contributed by atoms with van der Waals surface area (Å²) in [7, 11) is 1.51. The topological polar surface area (TPSA) is 45.0 Å². The van der Waals surface area contributed by atoms with Crippen molar-refractivity contribution in [2.45, 2.75) is 13.0 Å². The summed E-state index contributed by atoms with van der Waals surface area (Å²) in [6.45, 7) is 1.83. The van der Waals surface area contributed by atoms with Gasteiger partial charge in [0.05, 0.1) is 30.0 Å². The summed E-state index contributed by atoms with van der Waals surface area (Å²) in [4.78, 5) is 0. The number of para-hydroxylation sites is 1. The van der Waals surface area contributed by atoms with Gasteiger partial charge in [0.15, 0.2) is 0 Å². The summed E-state index contributed by atoms with van der Waals surface area (Å²) < 4.78 is 19.2. The van der Waals surface area contributed by atoms with Crippen LogP contribution in [-0.4, -0.2) is 7.11 Å². The number of halogens is 1. The van der Waals surface area contributed by atoms with Crippen molar-refractivity contribution >= 4 is 5.69 Å². The molecule has 0 aromatic heterocycles. The first-order chi connectivity index (χ1) is 9.67. The van der Waals surface area contributed by atoms with E-state index in [9.17, 15) is 4.39 Å². The Labute approximate surface area is 117 Å². The van der Waals surface area contributed by atoms with Gasteiger partial charge in [-0.25, -0.2) is 4.39 Å². The van der Waals surface area contributed by atoms with E-state index >= 15 is 0 Å². The number of benzene rings is 2. The van der Waals surface area contributed by atoms with E-state index in [0.717, 1.165) is 0 Å². The fraction of sp³-hybridized carbons (Fsp3) is 0.188. The predicted octanol–water partition coefficient (Wildman–Crippen LogP) is 3.88. The first-order valence-corrected chi connectivity index (χ1v) is 6.25. The van der Waals surface area contributed by atoms with E-state index in [0.29, 0.717) is 22.6 Å². The minimum atomic E-state index is -0.334. The predicted molar refractivity (Wildman–Crippen MR) is 76.1 cm³/mol. The second-order valence-electron chi connectivity index (χ2n) is 4.38. The molecule has 1 N–H and O–H groups in total. The van der Waals surface area contributed by atoms with Crippen LogP contribution in [0.25, 0.3) is 0 Å². The fourth-order valence-corrected chi connectivity index (χ4v) is 2.13. The third-order valence-corrected chi connectivity index (χ3v) is 3.09. The van der Waals surface area contributed by atoms with Gasteiger partial charge >= 0.3 is 0 Å². The lowest BCUT2D eigenvalue weighted by molar-refractivity contribution is 0.402. The smallest absolute Gasteiger partial charge is 0.132 e. The molecular weight excluding hydrogens is 255 g/mol. The third kappa shape index (κ3) is 2.72. The van der Waals surface area contributed by atoms with Crippen LogP contribution in [0, 0.1) is 17.1 Å². The number of hydrogen-bond acceptors (Lipinski definition) is 3. The monoisotopic (exact) mass is 270 g/mol. The molecule has 4 heteroatoms. The number of anilines is 1. The van der Waals surface area contributed by atoms with Crippen LogP contribution in [0.4, 0.5) is 10.1 Å². The van der Waals surface area contributed by atoms with Gasteiger partial charge in [-0.15, -0.1) is 0 Å². The normalized spacial score (nSPS) is 11.5. The number of hydrogen-bond donors (Lipinski definition) is 1. The minimum absolute atomic E-state index is 0.319. The highest BCUT2D eigenvalue weighted by Crippen LogP contribution is 2.30. The molecular formula is C16H15FN2O. The molecule has 0 heterocycles. The molecule has 2 aromatic rings. The molecule has 0 bridgehead atoms. The molecule has 0 aliphatic heterocycles. The second-order valence-corrected chi connectivity index (χ2v) is 4.38. The average Bonchev–Trinajstić information content (AvgIpc) is 2.47. The molecule has 0 fully saturated rings. The van der Waals surface area contributed by atoms with Crippen molar-refractivity contribution in [1.29, 1.82) is 5.26 Å². The van der Waals surface area contributed by atoms with E-state index in [1.807, 2.05) is 13.0 Å². The van der Waals surface area contributed by atoms with Crippen molar-refractivity contribution in [2.24, 2.45) is 0 Å². The standard InChI is InChI=1S/C16H15FN2O/c1-11(16-13(17)7-5-9-15(16)20-2)19-14-8-4-3-6-12(14)10-18/h3-9,11,19H,1-2H3. The molecule has 0 spiro atoms. The molecule has 102 valence electrons. The summed E-state index contributed by atoms with van der Waals surface area (Å²) in [6, 6.07) is 13.6. The van der Waals surface area contributed by atoms with Crippen LogP contribution in [0.3, 0.4) is 0 Å². The first kappa shape index (κ1) is 13.9. The van der Waals surface area contributed by atoms with Crippen LogP contribution in [0.1, 0.15) is 24.1 Å². The summed E-state index contributed by atoms with van der Waals surface area (Å²) in [5.41, 5.74) is 1.64. The lowest BCUT2D eigenvalue weighted by Gasteiger charge is -2.19. The lowest BCUT2D eigenvalue weighted by Crippen LogP contribution is -2.11. The maximum atomic E-state index is 14.0. The van der Waals surface area contributed by atoms with Crippen LogP contribution in [0.2, 0.25) is 0 Å². The Bertz CT molecular complexity index is 649. The molecule has 2 rings (SSSR count). The van der Waals surface area contributed by atoms with Crippen molar-refractivity contribution in [3.05, 3.63) is 59.4 Å². The summed E-state index contributed by atoms with van der Waals surface area (Å²) in [5.74, 6) is 0.151. The number of methoxy groups -OCH3 is 1. The van der Waals surface area contributed by atoms with E-state index in [-0.39, 0.29) is 11.9 Å². The SMILES string of the molecule is COc1cccc(F)c1C(C)Nc1ccccc1C#N. The van der Waals surface area contributed by atoms with E-state index < -0.39 is 0 Å². The maximum Gasteiger partial charge on any atom is 0.132 e. The van der Waals surface area contributed by atoms with Crippen LogP contribution in [0.5, 0.6) is 5.75 Å². The van der Waals surface area contributed by atoms with E-state index in [1.165, 1.54) is 13.2 Å². The van der Waals surface area contributed by atoms with Crippen molar-refractivity contribution in [3.63, 3.8) is 0 Å². The zero-order chi connectivity index (χ0) is 14.5. The van der Waals surface area contributed by atoms with Crippen LogP contribution < -0.4 is 10.1 Å². The highest BCUT2D eigenvalue weighted by Gasteiger charge is 2.17. The molecule has 1 unspecified atom stereocenters. The zero-order valence-electron chi connectivity index (χ0n) is 11.4. The number of nitrogens with one attached hydrogen (secondary N) is 1. The highest BCUT2D eigenvalue weighted by atomic mass is 19.1. The number of nitrogens with zero attached hydrogens (tertiary/aromatic N) is 1. The minimum Gasteiger partial charge on any atom is -0.496 e. The van der Waals surface area contributed by atoms with Gasteiger partial charge in [-0.1, -0.05) is 18.2 Å². The van der Waals surface area contributed by atoms with Gasteiger partial charge in [-0.2, -0.15) is 5.26 Å². The van der Waals surface area contributed by atoms with Gasteiger partial charge in [-0.3, -0.25) is 0 Å². The second kappa shape index (κ2) is 6.07. The van der Waals surface area contributed by atoms with Crippen LogP contribution >= 0.6 is 0 Å². The molecule has 3 nitrogen and oxygen atoms in total. The first-order valence-electron chi connectivity index (χ1n) is 6.25.